The van der Waals surface area contributed by atoms with Gasteiger partial charge in [0.15, 0.2) is 0 Å². The molecule has 0 spiro atoms. The summed E-state index contributed by atoms with van der Waals surface area (Å²) in [6.45, 7) is 0.0163. The molecule has 2 atom stereocenters. The van der Waals surface area contributed by atoms with Crippen molar-refractivity contribution in [2.75, 3.05) is 13.4 Å². The molecule has 9 heteroatoms. The number of hydrogen-bond acceptors (Lipinski definition) is 8. The van der Waals surface area contributed by atoms with Crippen molar-refractivity contribution in [3.63, 3.8) is 0 Å². The summed E-state index contributed by atoms with van der Waals surface area (Å²) in [5.41, 5.74) is 7.11. The SMILES string of the molecule is COC(=O)C(c1ccc(OS(C)(=O)=O)cc1)C(N)C(=O)OCc1ccccc1. The summed E-state index contributed by atoms with van der Waals surface area (Å²) >= 11 is 0. The first-order chi connectivity index (χ1) is 13.2. The highest BCUT2D eigenvalue weighted by Gasteiger charge is 2.34. The Labute approximate surface area is 163 Å². The van der Waals surface area contributed by atoms with Crippen LogP contribution in [0.4, 0.5) is 0 Å². The van der Waals surface area contributed by atoms with Crippen LogP contribution >= 0.6 is 0 Å². The molecule has 28 heavy (non-hydrogen) atoms. The molecule has 0 bridgehead atoms. The molecule has 0 saturated heterocycles. The predicted octanol–water partition coefficient (Wildman–Crippen LogP) is 1.35. The third kappa shape index (κ3) is 6.07. The minimum absolute atomic E-state index is 0.0163. The lowest BCUT2D eigenvalue weighted by molar-refractivity contribution is -0.153. The lowest BCUT2D eigenvalue weighted by Gasteiger charge is -2.21. The summed E-state index contributed by atoms with van der Waals surface area (Å²) in [5, 5.41) is 0. The van der Waals surface area contributed by atoms with E-state index in [4.69, 9.17) is 19.4 Å². The number of hydrogen-bond donors (Lipinski definition) is 1. The van der Waals surface area contributed by atoms with Gasteiger partial charge in [-0.15, -0.1) is 0 Å². The third-order valence-corrected chi connectivity index (χ3v) is 4.29. The van der Waals surface area contributed by atoms with Crippen molar-refractivity contribution in [2.24, 2.45) is 5.73 Å². The third-order valence-electron chi connectivity index (χ3n) is 3.80. The molecule has 8 nitrogen and oxygen atoms in total. The summed E-state index contributed by atoms with van der Waals surface area (Å²) in [6, 6.07) is 13.3. The van der Waals surface area contributed by atoms with Gasteiger partial charge in [-0.2, -0.15) is 8.42 Å². The van der Waals surface area contributed by atoms with E-state index in [-0.39, 0.29) is 12.4 Å². The molecule has 0 aliphatic carbocycles. The van der Waals surface area contributed by atoms with Crippen LogP contribution in [0.15, 0.2) is 54.6 Å². The van der Waals surface area contributed by atoms with E-state index in [1.54, 1.807) is 24.3 Å². The first kappa shape index (κ1) is 21.4. The Morgan fingerprint density at radius 3 is 2.14 bits per heavy atom. The maximum Gasteiger partial charge on any atom is 0.324 e. The fourth-order valence-electron chi connectivity index (χ4n) is 2.48. The van der Waals surface area contributed by atoms with Crippen LogP contribution in [0.3, 0.4) is 0 Å². The van der Waals surface area contributed by atoms with Gasteiger partial charge < -0.3 is 19.4 Å². The van der Waals surface area contributed by atoms with Crippen LogP contribution in [0.25, 0.3) is 0 Å². The van der Waals surface area contributed by atoms with Gasteiger partial charge in [-0.3, -0.25) is 9.59 Å². The normalized spacial score (nSPS) is 13.2. The summed E-state index contributed by atoms with van der Waals surface area (Å²) in [5.74, 6) is -2.55. The molecule has 2 aromatic rings. The van der Waals surface area contributed by atoms with E-state index in [2.05, 4.69) is 0 Å². The van der Waals surface area contributed by atoms with Crippen molar-refractivity contribution in [3.05, 3.63) is 65.7 Å². The van der Waals surface area contributed by atoms with E-state index in [1.165, 1.54) is 31.4 Å². The summed E-state index contributed by atoms with van der Waals surface area (Å²) in [6.07, 6.45) is 0.914. The fraction of sp³-hybridized carbons (Fsp3) is 0.263. The van der Waals surface area contributed by atoms with Crippen LogP contribution in [0.2, 0.25) is 0 Å². The number of esters is 2. The van der Waals surface area contributed by atoms with Crippen LogP contribution < -0.4 is 9.92 Å². The number of carbonyl (C=O) groups is 2. The Bertz CT molecular complexity index is 911. The number of methoxy groups -OCH3 is 1. The Morgan fingerprint density at radius 1 is 1.00 bits per heavy atom. The maximum atomic E-state index is 12.3. The summed E-state index contributed by atoms with van der Waals surface area (Å²) < 4.78 is 37.1. The molecule has 0 aliphatic heterocycles. The molecule has 0 radical (unpaired) electrons. The van der Waals surface area contributed by atoms with Gasteiger partial charge in [-0.1, -0.05) is 42.5 Å². The molecule has 2 rings (SSSR count). The molecule has 0 aliphatic rings. The quantitative estimate of drug-likeness (QED) is 0.514. The first-order valence-electron chi connectivity index (χ1n) is 8.24. The second kappa shape index (κ2) is 9.34. The molecular weight excluding hydrogens is 386 g/mol. The number of carbonyl (C=O) groups excluding carboxylic acids is 2. The predicted molar refractivity (Wildman–Crippen MR) is 101 cm³/mol. The minimum atomic E-state index is -3.69. The Morgan fingerprint density at radius 2 is 1.61 bits per heavy atom. The lowest BCUT2D eigenvalue weighted by atomic mass is 9.92. The van der Waals surface area contributed by atoms with Crippen LogP contribution in [0, 0.1) is 0 Å². The first-order valence-corrected chi connectivity index (χ1v) is 10.1. The maximum absolute atomic E-state index is 12.3. The Kier molecular flexibility index (Phi) is 7.13. The lowest BCUT2D eigenvalue weighted by Crippen LogP contribution is -2.42. The fourth-order valence-corrected chi connectivity index (χ4v) is 2.94. The molecular formula is C19H21NO7S. The zero-order valence-corrected chi connectivity index (χ0v) is 16.2. The van der Waals surface area contributed by atoms with Crippen LogP contribution in [0.1, 0.15) is 17.0 Å². The zero-order valence-electron chi connectivity index (χ0n) is 15.4. The molecule has 0 heterocycles. The van der Waals surface area contributed by atoms with Gasteiger partial charge >= 0.3 is 22.1 Å². The van der Waals surface area contributed by atoms with Crippen LogP contribution in [-0.4, -0.2) is 39.8 Å². The van der Waals surface area contributed by atoms with Gasteiger partial charge in [0.1, 0.15) is 24.3 Å². The van der Waals surface area contributed by atoms with Crippen molar-refractivity contribution in [1.82, 2.24) is 0 Å². The van der Waals surface area contributed by atoms with Crippen LogP contribution in [0.5, 0.6) is 5.75 Å². The number of benzene rings is 2. The Hall–Kier alpha value is -2.91. The average molecular weight is 407 g/mol. The molecule has 0 aromatic heterocycles. The van der Waals surface area contributed by atoms with Crippen LogP contribution in [-0.2, 0) is 35.8 Å². The number of nitrogens with two attached hydrogens (primary N) is 1. The molecule has 0 fully saturated rings. The van der Waals surface area contributed by atoms with Gasteiger partial charge in [0.2, 0.25) is 0 Å². The van der Waals surface area contributed by atoms with Crippen molar-refractivity contribution in [2.45, 2.75) is 18.6 Å². The molecule has 0 saturated carbocycles. The van der Waals surface area contributed by atoms with Gasteiger partial charge in [0.25, 0.3) is 0 Å². The number of rotatable bonds is 8. The second-order valence-corrected chi connectivity index (χ2v) is 7.55. The Balaban J connectivity index is 2.15. The highest BCUT2D eigenvalue weighted by Crippen LogP contribution is 2.24. The smallest absolute Gasteiger partial charge is 0.324 e. The van der Waals surface area contributed by atoms with E-state index in [0.717, 1.165) is 11.8 Å². The summed E-state index contributed by atoms with van der Waals surface area (Å²) in [4.78, 5) is 24.6. The standard InChI is InChI=1S/C19H21NO7S/c1-25-18(21)16(14-8-10-15(11-9-14)27-28(2,23)24)17(20)19(22)26-12-13-6-4-3-5-7-13/h3-11,16-17H,12,20H2,1-2H3. The second-order valence-electron chi connectivity index (χ2n) is 5.98. The monoisotopic (exact) mass is 407 g/mol. The van der Waals surface area contributed by atoms with Gasteiger partial charge in [-0.25, -0.2) is 0 Å². The van der Waals surface area contributed by atoms with E-state index < -0.39 is 34.0 Å². The van der Waals surface area contributed by atoms with E-state index in [9.17, 15) is 18.0 Å². The van der Waals surface area contributed by atoms with Gasteiger partial charge in [0, 0.05) is 0 Å². The largest absolute Gasteiger partial charge is 0.468 e. The highest BCUT2D eigenvalue weighted by molar-refractivity contribution is 7.86. The van der Waals surface area contributed by atoms with E-state index in [0.29, 0.717) is 5.56 Å². The molecule has 2 aromatic carbocycles. The van der Waals surface area contributed by atoms with Crippen molar-refractivity contribution in [1.29, 1.82) is 0 Å². The average Bonchev–Trinajstić information content (AvgIpc) is 2.67. The molecule has 2 N–H and O–H groups in total. The molecule has 2 unspecified atom stereocenters. The van der Waals surface area contributed by atoms with Crippen molar-refractivity contribution in [3.8, 4) is 5.75 Å². The topological polar surface area (TPSA) is 122 Å². The van der Waals surface area contributed by atoms with E-state index >= 15 is 0 Å². The van der Waals surface area contributed by atoms with Gasteiger partial charge in [0.05, 0.1) is 13.4 Å². The zero-order chi connectivity index (χ0) is 20.7. The molecule has 0 amide bonds. The van der Waals surface area contributed by atoms with E-state index in [1.807, 2.05) is 6.07 Å². The summed E-state index contributed by atoms with van der Waals surface area (Å²) in [7, 11) is -2.51. The van der Waals surface area contributed by atoms with Crippen molar-refractivity contribution < 1.29 is 31.7 Å². The highest BCUT2D eigenvalue weighted by atomic mass is 32.2. The minimum Gasteiger partial charge on any atom is -0.468 e. The van der Waals surface area contributed by atoms with Gasteiger partial charge in [-0.05, 0) is 23.3 Å². The molecule has 150 valence electrons. The van der Waals surface area contributed by atoms with Crippen molar-refractivity contribution >= 4 is 22.1 Å². The number of ether oxygens (including phenoxy) is 2.